The molecule has 28 heavy (non-hydrogen) atoms. The van der Waals surface area contributed by atoms with Crippen molar-refractivity contribution in [3.05, 3.63) is 52.5 Å². The van der Waals surface area contributed by atoms with Crippen molar-refractivity contribution < 1.29 is 17.9 Å². The van der Waals surface area contributed by atoms with Crippen molar-refractivity contribution in [2.24, 2.45) is 0 Å². The smallest absolute Gasteiger partial charge is 0.265 e. The lowest BCUT2D eigenvalue weighted by molar-refractivity contribution is -0.122. The van der Waals surface area contributed by atoms with Crippen molar-refractivity contribution in [1.29, 1.82) is 0 Å². The maximum Gasteiger partial charge on any atom is 0.265 e. The minimum absolute atomic E-state index is 0.138. The van der Waals surface area contributed by atoms with Crippen LogP contribution in [0.3, 0.4) is 0 Å². The average molecular weight is 445 g/mol. The molecule has 0 aliphatic rings. The summed E-state index contributed by atoms with van der Waals surface area (Å²) in [5.74, 6) is -0.0593. The molecule has 0 spiro atoms. The molecule has 2 rings (SSSR count). The summed E-state index contributed by atoms with van der Waals surface area (Å²) in [6.07, 6.45) is 0.843. The molecular weight excluding hydrogens is 423 g/mol. The monoisotopic (exact) mass is 444 g/mol. The van der Waals surface area contributed by atoms with Gasteiger partial charge in [0, 0.05) is 17.3 Å². The Kier molecular flexibility index (Phi) is 8.12. The second kappa shape index (κ2) is 10.1. The second-order valence-corrected chi connectivity index (χ2v) is 8.71. The summed E-state index contributed by atoms with van der Waals surface area (Å²) in [6, 6.07) is 10.6. The third kappa shape index (κ3) is 6.38. The first kappa shape index (κ1) is 22.5. The highest BCUT2D eigenvalue weighted by Gasteiger charge is 2.17. The fourth-order valence-corrected chi connectivity index (χ4v) is 3.77. The number of hydrogen-bond acceptors (Lipinski definition) is 4. The number of nitrogens with one attached hydrogen (secondary N) is 2. The van der Waals surface area contributed by atoms with Crippen LogP contribution < -0.4 is 14.8 Å². The van der Waals surface area contributed by atoms with Gasteiger partial charge in [0.05, 0.1) is 9.92 Å². The van der Waals surface area contributed by atoms with Gasteiger partial charge in [-0.05, 0) is 55.8 Å². The van der Waals surface area contributed by atoms with E-state index >= 15 is 0 Å². The molecule has 1 amide bonds. The van der Waals surface area contributed by atoms with Crippen molar-refractivity contribution in [2.45, 2.75) is 37.7 Å². The molecule has 0 bridgehead atoms. The van der Waals surface area contributed by atoms with E-state index in [1.54, 1.807) is 19.1 Å². The summed E-state index contributed by atoms with van der Waals surface area (Å²) in [5, 5.41) is 3.44. The van der Waals surface area contributed by atoms with Crippen molar-refractivity contribution >= 4 is 44.8 Å². The number of hydrogen-bond donors (Lipinski definition) is 2. The molecule has 0 saturated carbocycles. The highest BCUT2D eigenvalue weighted by Crippen LogP contribution is 2.28. The number of anilines is 1. The number of sulfonamides is 1. The van der Waals surface area contributed by atoms with Gasteiger partial charge in [-0.25, -0.2) is 13.1 Å². The van der Waals surface area contributed by atoms with Gasteiger partial charge in [-0.2, -0.15) is 0 Å². The van der Waals surface area contributed by atoms with E-state index in [1.807, 2.05) is 6.92 Å². The molecule has 0 aliphatic carbocycles. The zero-order valence-corrected chi connectivity index (χ0v) is 17.9. The molecule has 0 aromatic heterocycles. The van der Waals surface area contributed by atoms with Gasteiger partial charge in [0.25, 0.3) is 5.91 Å². The van der Waals surface area contributed by atoms with E-state index in [4.69, 9.17) is 27.9 Å². The SMILES string of the molecule is CCCCNS(=O)(=O)c1ccc(NC(=O)C(C)Oc2ccc(Cl)cc2Cl)cc1. The van der Waals surface area contributed by atoms with Gasteiger partial charge in [-0.1, -0.05) is 36.5 Å². The zero-order chi connectivity index (χ0) is 20.7. The first-order valence-electron chi connectivity index (χ1n) is 8.75. The van der Waals surface area contributed by atoms with Gasteiger partial charge < -0.3 is 10.1 Å². The maximum atomic E-state index is 12.3. The summed E-state index contributed by atoms with van der Waals surface area (Å²) < 4.78 is 32.4. The Morgan fingerprint density at radius 1 is 1.14 bits per heavy atom. The minimum Gasteiger partial charge on any atom is -0.479 e. The van der Waals surface area contributed by atoms with E-state index in [2.05, 4.69) is 10.0 Å². The van der Waals surface area contributed by atoms with Crippen LogP contribution >= 0.6 is 23.2 Å². The summed E-state index contributed by atoms with van der Waals surface area (Å²) in [5.41, 5.74) is 0.454. The van der Waals surface area contributed by atoms with Crippen LogP contribution in [-0.2, 0) is 14.8 Å². The lowest BCUT2D eigenvalue weighted by atomic mass is 10.3. The number of ether oxygens (including phenoxy) is 1. The first-order chi connectivity index (χ1) is 13.2. The largest absolute Gasteiger partial charge is 0.479 e. The van der Waals surface area contributed by atoms with Gasteiger partial charge in [-0.15, -0.1) is 0 Å². The molecule has 1 unspecified atom stereocenters. The second-order valence-electron chi connectivity index (χ2n) is 6.10. The number of halogens is 2. The molecule has 0 heterocycles. The normalized spacial score (nSPS) is 12.4. The summed E-state index contributed by atoms with van der Waals surface area (Å²) in [6.45, 7) is 3.95. The molecule has 2 aromatic carbocycles. The van der Waals surface area contributed by atoms with Gasteiger partial charge in [0.2, 0.25) is 10.0 Å². The lowest BCUT2D eigenvalue weighted by Gasteiger charge is -2.16. The summed E-state index contributed by atoms with van der Waals surface area (Å²) >= 11 is 11.9. The van der Waals surface area contributed by atoms with Gasteiger partial charge >= 0.3 is 0 Å². The standard InChI is InChI=1S/C19H22Cl2N2O4S/c1-3-4-11-22-28(25,26)16-8-6-15(7-9-16)23-19(24)13(2)27-18-10-5-14(20)12-17(18)21/h5-10,12-13,22H,3-4,11H2,1-2H3,(H,23,24). The third-order valence-electron chi connectivity index (χ3n) is 3.82. The number of rotatable bonds is 9. The van der Waals surface area contributed by atoms with Crippen LogP contribution in [0.5, 0.6) is 5.75 Å². The number of benzene rings is 2. The van der Waals surface area contributed by atoms with Crippen LogP contribution in [0.1, 0.15) is 26.7 Å². The van der Waals surface area contributed by atoms with Crippen LogP contribution in [-0.4, -0.2) is 27.0 Å². The predicted molar refractivity (Wildman–Crippen MR) is 112 cm³/mol. The summed E-state index contributed by atoms with van der Waals surface area (Å²) in [4.78, 5) is 12.5. The molecule has 2 N–H and O–H groups in total. The molecular formula is C19H22Cl2N2O4S. The Morgan fingerprint density at radius 3 is 2.43 bits per heavy atom. The maximum absolute atomic E-state index is 12.3. The van der Waals surface area contributed by atoms with E-state index in [9.17, 15) is 13.2 Å². The Hall–Kier alpha value is -1.80. The van der Waals surface area contributed by atoms with Crippen LogP contribution in [0, 0.1) is 0 Å². The van der Waals surface area contributed by atoms with E-state index in [0.29, 0.717) is 28.0 Å². The Labute approximate surface area is 175 Å². The number of amides is 1. The van der Waals surface area contributed by atoms with Gasteiger partial charge in [0.15, 0.2) is 6.10 Å². The predicted octanol–water partition coefficient (Wildman–Crippen LogP) is 4.48. The van der Waals surface area contributed by atoms with Crippen LogP contribution in [0.25, 0.3) is 0 Å². The minimum atomic E-state index is -3.56. The molecule has 0 fully saturated rings. The number of carbonyl (C=O) groups excluding carboxylic acids is 1. The molecule has 2 aromatic rings. The van der Waals surface area contributed by atoms with Gasteiger partial charge in [0.1, 0.15) is 5.75 Å². The topological polar surface area (TPSA) is 84.5 Å². The molecule has 6 nitrogen and oxygen atoms in total. The highest BCUT2D eigenvalue weighted by atomic mass is 35.5. The number of carbonyl (C=O) groups is 1. The van der Waals surface area contributed by atoms with Crippen molar-refractivity contribution in [3.63, 3.8) is 0 Å². The quantitative estimate of drug-likeness (QED) is 0.558. The van der Waals surface area contributed by atoms with Crippen LogP contribution in [0.2, 0.25) is 10.0 Å². The van der Waals surface area contributed by atoms with E-state index in [1.165, 1.54) is 30.3 Å². The molecule has 1 atom stereocenters. The number of unbranched alkanes of at least 4 members (excludes halogenated alkanes) is 1. The van der Waals surface area contributed by atoms with E-state index in [0.717, 1.165) is 12.8 Å². The van der Waals surface area contributed by atoms with Crippen molar-refractivity contribution in [3.8, 4) is 5.75 Å². The third-order valence-corrected chi connectivity index (χ3v) is 5.83. The van der Waals surface area contributed by atoms with Crippen LogP contribution in [0.4, 0.5) is 5.69 Å². The molecule has 0 aliphatic heterocycles. The zero-order valence-electron chi connectivity index (χ0n) is 15.5. The molecule has 0 radical (unpaired) electrons. The highest BCUT2D eigenvalue weighted by molar-refractivity contribution is 7.89. The molecule has 0 saturated heterocycles. The molecule has 9 heteroatoms. The summed E-state index contributed by atoms with van der Waals surface area (Å²) in [7, 11) is -3.56. The Bertz CT molecular complexity index is 918. The average Bonchev–Trinajstić information content (AvgIpc) is 2.64. The molecule has 152 valence electrons. The fraction of sp³-hybridized carbons (Fsp3) is 0.316. The Morgan fingerprint density at radius 2 is 1.82 bits per heavy atom. The van der Waals surface area contributed by atoms with E-state index < -0.39 is 22.0 Å². The van der Waals surface area contributed by atoms with E-state index in [-0.39, 0.29) is 4.90 Å². The van der Waals surface area contributed by atoms with Crippen molar-refractivity contribution in [1.82, 2.24) is 4.72 Å². The van der Waals surface area contributed by atoms with Gasteiger partial charge in [-0.3, -0.25) is 4.79 Å². The first-order valence-corrected chi connectivity index (χ1v) is 11.0. The Balaban J connectivity index is 1.98. The lowest BCUT2D eigenvalue weighted by Crippen LogP contribution is -2.30. The van der Waals surface area contributed by atoms with Crippen molar-refractivity contribution in [2.75, 3.05) is 11.9 Å². The fourth-order valence-electron chi connectivity index (χ4n) is 2.24. The van der Waals surface area contributed by atoms with Crippen LogP contribution in [0.15, 0.2) is 47.4 Å².